The molecule has 2 fully saturated rings. The molecular weight excluding hydrogens is 238 g/mol. The van der Waals surface area contributed by atoms with E-state index in [4.69, 9.17) is 4.74 Å². The highest BCUT2D eigenvalue weighted by Gasteiger charge is 2.38. The summed E-state index contributed by atoms with van der Waals surface area (Å²) >= 11 is 0. The molecule has 1 aromatic heterocycles. The van der Waals surface area contributed by atoms with Gasteiger partial charge in [0.1, 0.15) is 11.6 Å². The van der Waals surface area contributed by atoms with Crippen LogP contribution in [0.2, 0.25) is 0 Å². The summed E-state index contributed by atoms with van der Waals surface area (Å²) < 4.78 is 5.63. The maximum absolute atomic E-state index is 5.63. The van der Waals surface area contributed by atoms with E-state index in [9.17, 15) is 0 Å². The topological polar surface area (TPSA) is 28.6 Å². The first-order chi connectivity index (χ1) is 9.11. The van der Waals surface area contributed by atoms with Gasteiger partial charge in [-0.15, -0.1) is 0 Å². The summed E-state index contributed by atoms with van der Waals surface area (Å²) in [6, 6.07) is 4.12. The largest absolute Gasteiger partial charge is 0.489 e. The van der Waals surface area contributed by atoms with Crippen molar-refractivity contribution in [2.45, 2.75) is 20.0 Å². The van der Waals surface area contributed by atoms with E-state index in [-0.39, 0.29) is 6.10 Å². The van der Waals surface area contributed by atoms with Gasteiger partial charge in [0.2, 0.25) is 0 Å². The lowest BCUT2D eigenvalue weighted by Gasteiger charge is -2.20. The van der Waals surface area contributed by atoms with Gasteiger partial charge < -0.3 is 14.5 Å². The van der Waals surface area contributed by atoms with Crippen LogP contribution in [0.5, 0.6) is 5.75 Å². The molecule has 104 valence electrons. The number of fused-ring (bicyclic) bond motifs is 1. The fourth-order valence-corrected chi connectivity index (χ4v) is 3.32. The van der Waals surface area contributed by atoms with Gasteiger partial charge in [-0.2, -0.15) is 0 Å². The molecule has 3 heterocycles. The van der Waals surface area contributed by atoms with E-state index in [0.717, 1.165) is 36.5 Å². The van der Waals surface area contributed by atoms with Crippen LogP contribution < -0.4 is 9.64 Å². The summed E-state index contributed by atoms with van der Waals surface area (Å²) in [4.78, 5) is 9.41. The van der Waals surface area contributed by atoms with Gasteiger partial charge in [0.05, 0.1) is 12.3 Å². The van der Waals surface area contributed by atoms with Crippen LogP contribution in [-0.4, -0.2) is 49.2 Å². The first-order valence-corrected chi connectivity index (χ1v) is 7.18. The second kappa shape index (κ2) is 5.00. The van der Waals surface area contributed by atoms with Gasteiger partial charge in [0, 0.05) is 26.2 Å². The van der Waals surface area contributed by atoms with Crippen LogP contribution in [0.1, 0.15) is 13.8 Å². The summed E-state index contributed by atoms with van der Waals surface area (Å²) in [5.74, 6) is 3.59. The summed E-state index contributed by atoms with van der Waals surface area (Å²) in [7, 11) is 2.22. The zero-order valence-electron chi connectivity index (χ0n) is 12.0. The molecule has 0 bridgehead atoms. The lowest BCUT2D eigenvalue weighted by Crippen LogP contribution is -2.27. The van der Waals surface area contributed by atoms with Crippen LogP contribution in [0.15, 0.2) is 18.3 Å². The van der Waals surface area contributed by atoms with Crippen LogP contribution in [0.3, 0.4) is 0 Å². The summed E-state index contributed by atoms with van der Waals surface area (Å²) in [6.07, 6.45) is 2.05. The fourth-order valence-electron chi connectivity index (χ4n) is 3.32. The molecule has 2 aliphatic rings. The number of rotatable bonds is 3. The lowest BCUT2D eigenvalue weighted by atomic mass is 10.0. The molecule has 0 saturated carbocycles. The number of anilines is 1. The SMILES string of the molecule is CC(C)Oc1ccc(N2C[C@H]3CN(C)C[C@H]3C2)nc1. The Morgan fingerprint density at radius 1 is 1.16 bits per heavy atom. The van der Waals surface area contributed by atoms with E-state index in [1.807, 2.05) is 26.1 Å². The van der Waals surface area contributed by atoms with Crippen LogP contribution in [0, 0.1) is 11.8 Å². The van der Waals surface area contributed by atoms with Crippen molar-refractivity contribution in [2.75, 3.05) is 38.1 Å². The van der Waals surface area contributed by atoms with Crippen LogP contribution in [-0.2, 0) is 0 Å². The van der Waals surface area contributed by atoms with Crippen molar-refractivity contribution in [2.24, 2.45) is 11.8 Å². The van der Waals surface area contributed by atoms with Crippen LogP contribution in [0.4, 0.5) is 5.82 Å². The molecule has 19 heavy (non-hydrogen) atoms. The van der Waals surface area contributed by atoms with Gasteiger partial charge in [-0.1, -0.05) is 0 Å². The molecular formula is C15H23N3O. The van der Waals surface area contributed by atoms with Crippen molar-refractivity contribution in [3.63, 3.8) is 0 Å². The molecule has 2 atom stereocenters. The summed E-state index contributed by atoms with van der Waals surface area (Å²) in [5, 5.41) is 0. The normalized spacial score (nSPS) is 27.1. The molecule has 4 heteroatoms. The number of pyridine rings is 1. The Morgan fingerprint density at radius 3 is 2.37 bits per heavy atom. The van der Waals surface area contributed by atoms with E-state index in [2.05, 4.69) is 27.9 Å². The quantitative estimate of drug-likeness (QED) is 0.830. The highest BCUT2D eigenvalue weighted by Crippen LogP contribution is 2.32. The maximum atomic E-state index is 5.63. The number of hydrogen-bond acceptors (Lipinski definition) is 4. The Labute approximate surface area is 115 Å². The van der Waals surface area contributed by atoms with Gasteiger partial charge in [0.15, 0.2) is 0 Å². The Kier molecular flexibility index (Phi) is 3.35. The van der Waals surface area contributed by atoms with Gasteiger partial charge >= 0.3 is 0 Å². The predicted molar refractivity (Wildman–Crippen MR) is 76.7 cm³/mol. The molecule has 0 aliphatic carbocycles. The first kappa shape index (κ1) is 12.7. The molecule has 0 amide bonds. The van der Waals surface area contributed by atoms with Gasteiger partial charge in [0.25, 0.3) is 0 Å². The minimum atomic E-state index is 0.203. The molecule has 0 spiro atoms. The second-order valence-electron chi connectivity index (χ2n) is 6.17. The number of hydrogen-bond donors (Lipinski definition) is 0. The average Bonchev–Trinajstić information content (AvgIpc) is 2.86. The second-order valence-corrected chi connectivity index (χ2v) is 6.17. The van der Waals surface area contributed by atoms with E-state index in [1.54, 1.807) is 0 Å². The zero-order chi connectivity index (χ0) is 13.4. The molecule has 2 saturated heterocycles. The fraction of sp³-hybridized carbons (Fsp3) is 0.667. The number of aromatic nitrogens is 1. The van der Waals surface area contributed by atoms with E-state index >= 15 is 0 Å². The molecule has 1 aromatic rings. The molecule has 0 unspecified atom stereocenters. The zero-order valence-corrected chi connectivity index (χ0v) is 12.0. The first-order valence-electron chi connectivity index (χ1n) is 7.18. The van der Waals surface area contributed by atoms with Crippen molar-refractivity contribution in [3.05, 3.63) is 18.3 Å². The van der Waals surface area contributed by atoms with Crippen LogP contribution >= 0.6 is 0 Å². The molecule has 2 aliphatic heterocycles. The Bertz CT molecular complexity index is 418. The van der Waals surface area contributed by atoms with Crippen molar-refractivity contribution in [3.8, 4) is 5.75 Å². The third-order valence-electron chi connectivity index (χ3n) is 4.09. The number of likely N-dealkylation sites (tertiary alicyclic amines) is 1. The maximum Gasteiger partial charge on any atom is 0.138 e. The van der Waals surface area contributed by atoms with E-state index in [1.165, 1.54) is 13.1 Å². The van der Waals surface area contributed by atoms with Gasteiger partial charge in [-0.3, -0.25) is 0 Å². The van der Waals surface area contributed by atoms with Crippen molar-refractivity contribution in [1.29, 1.82) is 0 Å². The third kappa shape index (κ3) is 2.68. The monoisotopic (exact) mass is 261 g/mol. The Hall–Kier alpha value is -1.29. The van der Waals surface area contributed by atoms with Crippen molar-refractivity contribution >= 4 is 5.82 Å². The van der Waals surface area contributed by atoms with Gasteiger partial charge in [-0.25, -0.2) is 4.98 Å². The van der Waals surface area contributed by atoms with Gasteiger partial charge in [-0.05, 0) is 44.9 Å². The average molecular weight is 261 g/mol. The molecule has 0 aromatic carbocycles. The lowest BCUT2D eigenvalue weighted by molar-refractivity contribution is 0.241. The highest BCUT2D eigenvalue weighted by molar-refractivity contribution is 5.42. The van der Waals surface area contributed by atoms with E-state index < -0.39 is 0 Å². The van der Waals surface area contributed by atoms with E-state index in [0.29, 0.717) is 0 Å². The predicted octanol–water partition coefficient (Wildman–Crippen LogP) is 1.87. The van der Waals surface area contributed by atoms with Crippen LogP contribution in [0.25, 0.3) is 0 Å². The molecule has 3 rings (SSSR count). The third-order valence-corrected chi connectivity index (χ3v) is 4.09. The standard InChI is InChI=1S/C15H23N3O/c1-11(2)19-14-4-5-15(16-6-14)18-9-12-7-17(3)8-13(12)10-18/h4-6,11-13H,7-10H2,1-3H3/t12-,13+. The Balaban J connectivity index is 1.64. The molecule has 4 nitrogen and oxygen atoms in total. The number of nitrogens with zero attached hydrogens (tertiary/aromatic N) is 3. The molecule has 0 radical (unpaired) electrons. The Morgan fingerprint density at radius 2 is 1.84 bits per heavy atom. The summed E-state index contributed by atoms with van der Waals surface area (Å²) in [5.41, 5.74) is 0. The minimum Gasteiger partial charge on any atom is -0.489 e. The number of ether oxygens (including phenoxy) is 1. The molecule has 0 N–H and O–H groups in total. The van der Waals surface area contributed by atoms with Crippen molar-refractivity contribution in [1.82, 2.24) is 9.88 Å². The minimum absolute atomic E-state index is 0.203. The highest BCUT2D eigenvalue weighted by atomic mass is 16.5. The summed E-state index contributed by atoms with van der Waals surface area (Å²) in [6.45, 7) is 8.82. The van der Waals surface area contributed by atoms with Crippen molar-refractivity contribution < 1.29 is 4.74 Å². The smallest absolute Gasteiger partial charge is 0.138 e.